The molecule has 1 fully saturated rings. The molecule has 0 spiro atoms. The number of carbonyl (C=O) groups is 3. The molecule has 8 nitrogen and oxygen atoms in total. The number of carbonyl (C=O) groups excluding carboxylic acids is 3. The first-order chi connectivity index (χ1) is 18.0. The second kappa shape index (κ2) is 13.3. The molecule has 4 N–H and O–H groups in total. The van der Waals surface area contributed by atoms with E-state index in [1.165, 1.54) is 4.90 Å². The Labute approximate surface area is 226 Å². The van der Waals surface area contributed by atoms with E-state index in [4.69, 9.17) is 0 Å². The van der Waals surface area contributed by atoms with Crippen molar-refractivity contribution in [1.29, 1.82) is 0 Å². The summed E-state index contributed by atoms with van der Waals surface area (Å²) in [5.74, 6) is -0.779. The van der Waals surface area contributed by atoms with Gasteiger partial charge in [-0.15, -0.1) is 0 Å². The Morgan fingerprint density at radius 2 is 1.76 bits per heavy atom. The van der Waals surface area contributed by atoms with Crippen molar-refractivity contribution in [1.82, 2.24) is 20.9 Å². The van der Waals surface area contributed by atoms with Gasteiger partial charge in [0.25, 0.3) is 0 Å². The Morgan fingerprint density at radius 3 is 2.39 bits per heavy atom. The summed E-state index contributed by atoms with van der Waals surface area (Å²) >= 11 is 0. The van der Waals surface area contributed by atoms with Gasteiger partial charge in [-0.1, -0.05) is 77.1 Å². The largest absolute Gasteiger partial charge is 0.390 e. The molecule has 1 heterocycles. The first-order valence-electron chi connectivity index (χ1n) is 13.7. The van der Waals surface area contributed by atoms with Gasteiger partial charge < -0.3 is 21.1 Å². The van der Waals surface area contributed by atoms with Crippen LogP contribution in [0.4, 0.5) is 0 Å². The van der Waals surface area contributed by atoms with E-state index in [0.717, 1.165) is 29.3 Å². The van der Waals surface area contributed by atoms with Gasteiger partial charge in [0, 0.05) is 24.9 Å². The average Bonchev–Trinajstić information content (AvgIpc) is 3.41. The van der Waals surface area contributed by atoms with Crippen molar-refractivity contribution in [2.24, 2.45) is 11.3 Å². The Morgan fingerprint density at radius 1 is 1.05 bits per heavy atom. The van der Waals surface area contributed by atoms with Crippen molar-refractivity contribution in [2.45, 2.75) is 72.1 Å². The van der Waals surface area contributed by atoms with Crippen LogP contribution in [0.2, 0.25) is 0 Å². The quantitative estimate of drug-likeness (QED) is 0.360. The van der Waals surface area contributed by atoms with E-state index in [0.29, 0.717) is 25.4 Å². The minimum atomic E-state index is -1.05. The molecule has 0 aromatic heterocycles. The zero-order chi connectivity index (χ0) is 27.9. The zero-order valence-electron chi connectivity index (χ0n) is 23.4. The SMILES string of the molecule is CC(C)CNC[C@H](O)CNC(=O)[C@@H](Cc1ccc2ccccc2c1)N(C(=O)[C@@H]1CCCN1)C(=O)C(C)(C)C. The fourth-order valence-corrected chi connectivity index (χ4v) is 4.66. The Hall–Kier alpha value is -2.81. The van der Waals surface area contributed by atoms with Gasteiger partial charge in [-0.2, -0.15) is 0 Å². The maximum absolute atomic E-state index is 13.7. The number of fused-ring (bicyclic) bond motifs is 1. The fraction of sp³-hybridized carbons (Fsp3) is 0.567. The molecular formula is C30H44N4O4. The van der Waals surface area contributed by atoms with Crippen molar-refractivity contribution in [3.63, 3.8) is 0 Å². The van der Waals surface area contributed by atoms with E-state index in [1.807, 2.05) is 42.5 Å². The lowest BCUT2D eigenvalue weighted by Crippen LogP contribution is -2.60. The van der Waals surface area contributed by atoms with Crippen LogP contribution in [0.5, 0.6) is 0 Å². The summed E-state index contributed by atoms with van der Waals surface area (Å²) in [5.41, 5.74) is -0.0157. The average molecular weight is 525 g/mol. The molecule has 8 heteroatoms. The van der Waals surface area contributed by atoms with Gasteiger partial charge in [0.05, 0.1) is 12.1 Å². The molecular weight excluding hydrogens is 480 g/mol. The van der Waals surface area contributed by atoms with Crippen molar-refractivity contribution in [2.75, 3.05) is 26.2 Å². The van der Waals surface area contributed by atoms with Crippen molar-refractivity contribution >= 4 is 28.5 Å². The third-order valence-electron chi connectivity index (χ3n) is 6.76. The van der Waals surface area contributed by atoms with Gasteiger partial charge in [-0.05, 0) is 48.2 Å². The van der Waals surface area contributed by atoms with Gasteiger partial charge in [0.1, 0.15) is 6.04 Å². The molecule has 3 amide bonds. The molecule has 3 atom stereocenters. The first kappa shape index (κ1) is 29.7. The predicted octanol–water partition coefficient (Wildman–Crippen LogP) is 2.63. The minimum absolute atomic E-state index is 0.0194. The predicted molar refractivity (Wildman–Crippen MR) is 150 cm³/mol. The molecule has 0 bridgehead atoms. The number of aliphatic hydroxyl groups is 1. The molecule has 0 unspecified atom stereocenters. The van der Waals surface area contributed by atoms with E-state index in [1.54, 1.807) is 20.8 Å². The van der Waals surface area contributed by atoms with Crippen molar-refractivity contribution in [3.8, 4) is 0 Å². The van der Waals surface area contributed by atoms with Crippen LogP contribution >= 0.6 is 0 Å². The summed E-state index contributed by atoms with van der Waals surface area (Å²) in [4.78, 5) is 42.3. The topological polar surface area (TPSA) is 111 Å². The second-order valence-electron chi connectivity index (χ2n) is 11.8. The number of amides is 3. The normalized spacial score (nSPS) is 17.4. The molecule has 2 aromatic rings. The third-order valence-corrected chi connectivity index (χ3v) is 6.76. The van der Waals surface area contributed by atoms with Crippen LogP contribution in [0.15, 0.2) is 42.5 Å². The number of rotatable bonds is 11. The lowest BCUT2D eigenvalue weighted by molar-refractivity contribution is -0.157. The van der Waals surface area contributed by atoms with Gasteiger partial charge in [-0.3, -0.25) is 19.3 Å². The van der Waals surface area contributed by atoms with Crippen LogP contribution in [0, 0.1) is 11.3 Å². The lowest BCUT2D eigenvalue weighted by Gasteiger charge is -2.35. The summed E-state index contributed by atoms with van der Waals surface area (Å²) in [7, 11) is 0. The second-order valence-corrected chi connectivity index (χ2v) is 11.8. The number of hydrogen-bond acceptors (Lipinski definition) is 6. The van der Waals surface area contributed by atoms with E-state index >= 15 is 0 Å². The van der Waals surface area contributed by atoms with Gasteiger partial charge in [0.2, 0.25) is 17.7 Å². The number of imide groups is 1. The summed E-state index contributed by atoms with van der Waals surface area (Å²) in [6, 6.07) is 12.3. The molecule has 1 saturated heterocycles. The Bertz CT molecular complexity index is 1100. The van der Waals surface area contributed by atoms with E-state index < -0.39 is 35.4 Å². The number of nitrogens with one attached hydrogen (secondary N) is 3. The molecule has 2 aromatic carbocycles. The zero-order valence-corrected chi connectivity index (χ0v) is 23.4. The van der Waals surface area contributed by atoms with Gasteiger partial charge >= 0.3 is 0 Å². The summed E-state index contributed by atoms with van der Waals surface area (Å²) in [5, 5.41) is 21.7. The molecule has 1 aliphatic heterocycles. The monoisotopic (exact) mass is 524 g/mol. The first-order valence-corrected chi connectivity index (χ1v) is 13.7. The van der Waals surface area contributed by atoms with Crippen molar-refractivity contribution in [3.05, 3.63) is 48.0 Å². The fourth-order valence-electron chi connectivity index (χ4n) is 4.66. The highest BCUT2D eigenvalue weighted by atomic mass is 16.3. The van der Waals surface area contributed by atoms with Gasteiger partial charge in [-0.25, -0.2) is 0 Å². The van der Waals surface area contributed by atoms with Crippen LogP contribution in [0.1, 0.15) is 53.0 Å². The smallest absolute Gasteiger partial charge is 0.247 e. The molecule has 0 saturated carbocycles. The highest BCUT2D eigenvalue weighted by molar-refractivity contribution is 6.04. The maximum atomic E-state index is 13.7. The Kier molecular flexibility index (Phi) is 10.4. The lowest BCUT2D eigenvalue weighted by atomic mass is 9.91. The molecule has 38 heavy (non-hydrogen) atoms. The highest BCUT2D eigenvalue weighted by Crippen LogP contribution is 2.25. The van der Waals surface area contributed by atoms with Crippen molar-refractivity contribution < 1.29 is 19.5 Å². The summed E-state index contributed by atoms with van der Waals surface area (Å²) < 4.78 is 0. The van der Waals surface area contributed by atoms with Crippen LogP contribution < -0.4 is 16.0 Å². The van der Waals surface area contributed by atoms with Crippen LogP contribution in [-0.4, -0.2) is 72.1 Å². The number of nitrogens with zero attached hydrogens (tertiary/aromatic N) is 1. The van der Waals surface area contributed by atoms with E-state index in [9.17, 15) is 19.5 Å². The third kappa shape index (κ3) is 8.09. The van der Waals surface area contributed by atoms with Gasteiger partial charge in [0.15, 0.2) is 0 Å². The maximum Gasteiger partial charge on any atom is 0.247 e. The van der Waals surface area contributed by atoms with Crippen LogP contribution in [-0.2, 0) is 20.8 Å². The minimum Gasteiger partial charge on any atom is -0.390 e. The number of hydrogen-bond donors (Lipinski definition) is 4. The highest BCUT2D eigenvalue weighted by Gasteiger charge is 2.42. The van der Waals surface area contributed by atoms with Crippen LogP contribution in [0.3, 0.4) is 0 Å². The standard InChI is InChI=1S/C30H44N4O4/c1-20(2)17-31-18-24(35)19-33-27(36)26(16-21-12-13-22-9-6-7-10-23(22)15-21)34(29(38)30(3,4)5)28(37)25-11-8-14-32-25/h6-7,9-10,12-13,15,20,24-26,31-32,35H,8,11,14,16-19H2,1-5H3,(H,33,36)/t24-,25-,26+/m0/s1. The molecule has 1 aliphatic rings. The molecule has 0 aliphatic carbocycles. The summed E-state index contributed by atoms with van der Waals surface area (Å²) in [6.45, 7) is 11.2. The molecule has 3 rings (SSSR count). The Balaban J connectivity index is 1.90. The van der Waals surface area contributed by atoms with Crippen LogP contribution in [0.25, 0.3) is 10.8 Å². The summed E-state index contributed by atoms with van der Waals surface area (Å²) in [6.07, 6.45) is 0.846. The number of benzene rings is 2. The molecule has 208 valence electrons. The van der Waals surface area contributed by atoms with E-state index in [2.05, 4.69) is 29.8 Å². The molecule has 0 radical (unpaired) electrons. The van der Waals surface area contributed by atoms with E-state index in [-0.39, 0.29) is 18.9 Å². The number of aliphatic hydroxyl groups excluding tert-OH is 1.